The predicted molar refractivity (Wildman–Crippen MR) is 103 cm³/mol. The van der Waals surface area contributed by atoms with Crippen molar-refractivity contribution in [1.82, 2.24) is 10.3 Å². The van der Waals surface area contributed by atoms with Crippen molar-refractivity contribution in [2.75, 3.05) is 31.2 Å². The van der Waals surface area contributed by atoms with Gasteiger partial charge in [-0.15, -0.1) is 0 Å². The Morgan fingerprint density at radius 2 is 2.00 bits per heavy atom. The fourth-order valence-electron chi connectivity index (χ4n) is 3.54. The molecule has 2 aliphatic heterocycles. The van der Waals surface area contributed by atoms with E-state index in [-0.39, 0.29) is 18.3 Å². The van der Waals surface area contributed by atoms with Crippen LogP contribution in [0.5, 0.6) is 5.75 Å². The number of hydrogen-bond acceptors (Lipinski definition) is 5. The first-order chi connectivity index (χ1) is 13.5. The molecule has 1 fully saturated rings. The second-order valence-electron chi connectivity index (χ2n) is 7.32. The number of pyridine rings is 1. The van der Waals surface area contributed by atoms with Gasteiger partial charge >= 0.3 is 0 Å². The van der Waals surface area contributed by atoms with Crippen LogP contribution in [0.25, 0.3) is 0 Å². The Morgan fingerprint density at radius 1 is 1.25 bits per heavy atom. The van der Waals surface area contributed by atoms with Gasteiger partial charge in [0, 0.05) is 32.3 Å². The van der Waals surface area contributed by atoms with Crippen LogP contribution >= 0.6 is 0 Å². The average molecular weight is 385 g/mol. The summed E-state index contributed by atoms with van der Waals surface area (Å²) in [6, 6.07) is 5.47. The second kappa shape index (κ2) is 7.75. The molecule has 0 saturated carbocycles. The van der Waals surface area contributed by atoms with Gasteiger partial charge in [-0.3, -0.25) is 4.79 Å². The van der Waals surface area contributed by atoms with Crippen molar-refractivity contribution in [3.63, 3.8) is 0 Å². The van der Waals surface area contributed by atoms with Gasteiger partial charge in [0.25, 0.3) is 5.91 Å². The van der Waals surface area contributed by atoms with Crippen LogP contribution in [0.1, 0.15) is 22.3 Å². The molecule has 1 atom stereocenters. The van der Waals surface area contributed by atoms with Gasteiger partial charge in [-0.1, -0.05) is 6.07 Å². The number of aryl methyl sites for hydroxylation is 2. The highest BCUT2D eigenvalue weighted by Crippen LogP contribution is 2.31. The lowest BCUT2D eigenvalue weighted by Crippen LogP contribution is -2.38. The van der Waals surface area contributed by atoms with E-state index in [4.69, 9.17) is 9.47 Å². The highest BCUT2D eigenvalue weighted by atomic mass is 19.1. The summed E-state index contributed by atoms with van der Waals surface area (Å²) in [4.78, 5) is 18.6. The highest BCUT2D eigenvalue weighted by molar-refractivity contribution is 5.82. The van der Waals surface area contributed by atoms with Crippen molar-refractivity contribution in [2.24, 2.45) is 0 Å². The first-order valence-corrected chi connectivity index (χ1v) is 9.53. The lowest BCUT2D eigenvalue weighted by Gasteiger charge is -2.28. The van der Waals surface area contributed by atoms with Crippen LogP contribution in [0.4, 0.5) is 10.2 Å². The number of anilines is 1. The summed E-state index contributed by atoms with van der Waals surface area (Å²) in [5, 5.41) is 2.83. The van der Waals surface area contributed by atoms with Crippen LogP contribution in [0.15, 0.2) is 24.4 Å². The molecule has 0 spiro atoms. The molecule has 2 aromatic rings. The van der Waals surface area contributed by atoms with Gasteiger partial charge in [-0.05, 0) is 48.2 Å². The Balaban J connectivity index is 1.35. The Morgan fingerprint density at radius 3 is 2.75 bits per heavy atom. The molecule has 7 heteroatoms. The summed E-state index contributed by atoms with van der Waals surface area (Å²) < 4.78 is 25.5. The summed E-state index contributed by atoms with van der Waals surface area (Å²) in [6.07, 6.45) is 1.59. The average Bonchev–Trinajstić information content (AvgIpc) is 3.10. The molecule has 6 nitrogen and oxygen atoms in total. The number of nitrogens with zero attached hydrogens (tertiary/aromatic N) is 2. The summed E-state index contributed by atoms with van der Waals surface area (Å²) in [5.74, 6) is 0.512. The molecule has 1 amide bonds. The number of carbonyl (C=O) groups is 1. The molecule has 4 rings (SSSR count). The van der Waals surface area contributed by atoms with Crippen LogP contribution in [0, 0.1) is 19.7 Å². The fourth-order valence-corrected chi connectivity index (χ4v) is 3.54. The summed E-state index contributed by atoms with van der Waals surface area (Å²) >= 11 is 0. The maximum absolute atomic E-state index is 14.4. The van der Waals surface area contributed by atoms with Gasteiger partial charge in [0.1, 0.15) is 5.75 Å². The van der Waals surface area contributed by atoms with E-state index in [0.717, 1.165) is 16.9 Å². The third-order valence-electron chi connectivity index (χ3n) is 5.30. The molecule has 1 saturated heterocycles. The second-order valence-corrected chi connectivity index (χ2v) is 7.32. The zero-order valence-corrected chi connectivity index (χ0v) is 16.1. The van der Waals surface area contributed by atoms with Crippen molar-refractivity contribution in [1.29, 1.82) is 0 Å². The summed E-state index contributed by atoms with van der Waals surface area (Å²) in [7, 11) is 0. The Bertz CT molecular complexity index is 866. The zero-order valence-electron chi connectivity index (χ0n) is 16.1. The minimum atomic E-state index is -0.554. The lowest BCUT2D eigenvalue weighted by molar-refractivity contribution is -0.127. The summed E-state index contributed by atoms with van der Waals surface area (Å²) in [5.41, 5.74) is 3.99. The number of amides is 1. The number of rotatable bonds is 4. The Hall–Kier alpha value is -2.67. The number of halogens is 1. The first kappa shape index (κ1) is 18.7. The van der Waals surface area contributed by atoms with Crippen LogP contribution in [0.3, 0.4) is 0 Å². The lowest BCUT2D eigenvalue weighted by atomic mass is 10.0. The highest BCUT2D eigenvalue weighted by Gasteiger charge is 2.29. The van der Waals surface area contributed by atoms with E-state index in [1.54, 1.807) is 6.20 Å². The summed E-state index contributed by atoms with van der Waals surface area (Å²) in [6.45, 7) is 6.67. The number of nitrogens with one attached hydrogen (secondary N) is 1. The van der Waals surface area contributed by atoms with Gasteiger partial charge in [0.2, 0.25) is 0 Å². The molecule has 0 aliphatic carbocycles. The van der Waals surface area contributed by atoms with Crippen molar-refractivity contribution in [3.8, 4) is 5.75 Å². The molecule has 148 valence electrons. The molecule has 0 bridgehead atoms. The van der Waals surface area contributed by atoms with E-state index < -0.39 is 6.10 Å². The third kappa shape index (κ3) is 3.80. The van der Waals surface area contributed by atoms with Crippen LogP contribution in [-0.2, 0) is 22.5 Å². The first-order valence-electron chi connectivity index (χ1n) is 9.53. The fraction of sp³-hybridized carbons (Fsp3) is 0.429. The van der Waals surface area contributed by atoms with E-state index in [1.807, 2.05) is 24.8 Å². The molecule has 1 unspecified atom stereocenters. The molecule has 1 aromatic heterocycles. The number of morpholine rings is 1. The molecule has 2 aliphatic rings. The maximum Gasteiger partial charge on any atom is 0.261 e. The molecule has 3 heterocycles. The number of carbonyl (C=O) groups excluding carboxylic acids is 1. The Kier molecular flexibility index (Phi) is 5.17. The quantitative estimate of drug-likeness (QED) is 0.875. The third-order valence-corrected chi connectivity index (χ3v) is 5.30. The van der Waals surface area contributed by atoms with Gasteiger partial charge in [0.15, 0.2) is 17.7 Å². The van der Waals surface area contributed by atoms with Crippen molar-refractivity contribution in [3.05, 3.63) is 52.5 Å². The number of fused-ring (bicyclic) bond motifs is 1. The maximum atomic E-state index is 14.4. The molecule has 1 aromatic carbocycles. The molecule has 0 radical (unpaired) electrons. The normalized spacial score (nSPS) is 18.5. The number of benzene rings is 1. The molecular weight excluding hydrogens is 361 g/mol. The van der Waals surface area contributed by atoms with Crippen molar-refractivity contribution >= 4 is 11.7 Å². The molecule has 1 N–H and O–H groups in total. The van der Waals surface area contributed by atoms with Crippen molar-refractivity contribution in [2.45, 2.75) is 32.9 Å². The van der Waals surface area contributed by atoms with Crippen LogP contribution < -0.4 is 15.0 Å². The number of aromatic nitrogens is 1. The van der Waals surface area contributed by atoms with Gasteiger partial charge < -0.3 is 19.7 Å². The SMILES string of the molecule is Cc1cc2c(cc1C)OC(C(=O)NCc1cnc(N3CCOCC3)c(F)c1)C2. The predicted octanol–water partition coefficient (Wildman–Crippen LogP) is 2.29. The van der Waals surface area contributed by atoms with Crippen LogP contribution in [-0.4, -0.2) is 43.3 Å². The molecule has 28 heavy (non-hydrogen) atoms. The van der Waals surface area contributed by atoms with E-state index in [1.165, 1.54) is 11.6 Å². The minimum Gasteiger partial charge on any atom is -0.480 e. The van der Waals surface area contributed by atoms with Crippen LogP contribution in [0.2, 0.25) is 0 Å². The molecular formula is C21H24FN3O3. The topological polar surface area (TPSA) is 63.7 Å². The Labute approximate surface area is 163 Å². The largest absolute Gasteiger partial charge is 0.480 e. The number of hydrogen-bond donors (Lipinski definition) is 1. The van der Waals surface area contributed by atoms with E-state index >= 15 is 0 Å². The zero-order chi connectivity index (χ0) is 19.7. The van der Waals surface area contributed by atoms with E-state index in [0.29, 0.717) is 44.1 Å². The monoisotopic (exact) mass is 385 g/mol. The minimum absolute atomic E-state index is 0.204. The van der Waals surface area contributed by atoms with Gasteiger partial charge in [0.05, 0.1) is 13.2 Å². The van der Waals surface area contributed by atoms with Gasteiger partial charge in [-0.25, -0.2) is 9.37 Å². The smallest absolute Gasteiger partial charge is 0.261 e. The standard InChI is InChI=1S/C21H24FN3O3/c1-13-7-16-10-19(28-18(16)8-14(13)2)21(26)24-12-15-9-17(22)20(23-11-15)25-3-5-27-6-4-25/h7-9,11,19H,3-6,10,12H2,1-2H3,(H,24,26). The van der Waals surface area contributed by atoms with Crippen molar-refractivity contribution < 1.29 is 18.7 Å². The van der Waals surface area contributed by atoms with E-state index in [2.05, 4.69) is 16.4 Å². The number of ether oxygens (including phenoxy) is 2. The van der Waals surface area contributed by atoms with E-state index in [9.17, 15) is 9.18 Å². The van der Waals surface area contributed by atoms with Gasteiger partial charge in [-0.2, -0.15) is 0 Å².